The molecule has 1 saturated heterocycles. The molecule has 4 nitrogen and oxygen atoms in total. The fourth-order valence-corrected chi connectivity index (χ4v) is 2.83. The maximum Gasteiger partial charge on any atom is 0.260 e. The van der Waals surface area contributed by atoms with Crippen molar-refractivity contribution in [3.63, 3.8) is 0 Å². The van der Waals surface area contributed by atoms with Gasteiger partial charge in [-0.2, -0.15) is 0 Å². The van der Waals surface area contributed by atoms with Crippen molar-refractivity contribution >= 4 is 23.1 Å². The first kappa shape index (κ1) is 14.8. The number of rotatable bonds is 4. The molecule has 0 radical (unpaired) electrons. The minimum Gasteiger partial charge on any atom is -0.483 e. The van der Waals surface area contributed by atoms with E-state index in [0.29, 0.717) is 17.2 Å². The first-order valence-electron chi connectivity index (χ1n) is 6.80. The summed E-state index contributed by atoms with van der Waals surface area (Å²) in [5, 5.41) is 0. The number of amides is 1. The Morgan fingerprint density at radius 1 is 1.45 bits per heavy atom. The van der Waals surface area contributed by atoms with Crippen LogP contribution in [0.5, 0.6) is 5.75 Å². The van der Waals surface area contributed by atoms with E-state index in [1.165, 1.54) is 0 Å². The Labute approximate surface area is 124 Å². The summed E-state index contributed by atoms with van der Waals surface area (Å²) in [6.07, 6.45) is 1.05. The molecule has 1 aromatic rings. The van der Waals surface area contributed by atoms with Gasteiger partial charge in [-0.15, -0.1) is 0 Å². The van der Waals surface area contributed by atoms with Gasteiger partial charge < -0.3 is 15.4 Å². The number of likely N-dealkylation sites (tertiary alicyclic amines) is 1. The molecular weight excluding hydrogens is 272 g/mol. The summed E-state index contributed by atoms with van der Waals surface area (Å²) in [6.45, 7) is 5.06. The van der Waals surface area contributed by atoms with E-state index in [2.05, 4.69) is 13.8 Å². The molecule has 2 atom stereocenters. The molecule has 108 valence electrons. The van der Waals surface area contributed by atoms with Crippen LogP contribution in [0.2, 0.25) is 0 Å². The minimum absolute atomic E-state index is 0.0135. The average Bonchev–Trinajstić information content (AvgIpc) is 2.75. The molecule has 1 aromatic carbocycles. The topological polar surface area (TPSA) is 55.6 Å². The first-order chi connectivity index (χ1) is 9.49. The van der Waals surface area contributed by atoms with Gasteiger partial charge in [0.25, 0.3) is 5.91 Å². The van der Waals surface area contributed by atoms with Gasteiger partial charge >= 0.3 is 0 Å². The maximum absolute atomic E-state index is 12.2. The quantitative estimate of drug-likeness (QED) is 0.862. The number of carbonyl (C=O) groups excluding carboxylic acids is 1. The molecule has 1 aliphatic heterocycles. The second-order valence-corrected chi connectivity index (χ2v) is 5.82. The maximum atomic E-state index is 12.2. The van der Waals surface area contributed by atoms with Crippen LogP contribution in [0.25, 0.3) is 0 Å². The molecule has 5 heteroatoms. The lowest BCUT2D eigenvalue weighted by Gasteiger charge is -2.21. The van der Waals surface area contributed by atoms with E-state index in [9.17, 15) is 4.79 Å². The molecule has 0 aromatic heterocycles. The predicted octanol–water partition coefficient (Wildman–Crippen LogP) is 1.96. The van der Waals surface area contributed by atoms with Gasteiger partial charge in [0.15, 0.2) is 6.61 Å². The molecule has 0 bridgehead atoms. The number of benzene rings is 1. The summed E-state index contributed by atoms with van der Waals surface area (Å²) in [7, 11) is 0. The molecule has 2 unspecified atom stereocenters. The number of thiocarbonyl (C=S) groups is 1. The van der Waals surface area contributed by atoms with Gasteiger partial charge in [-0.05, 0) is 31.4 Å². The molecule has 0 spiro atoms. The van der Waals surface area contributed by atoms with Crippen LogP contribution in [-0.2, 0) is 4.79 Å². The van der Waals surface area contributed by atoms with Crippen LogP contribution in [0.4, 0.5) is 0 Å². The Balaban J connectivity index is 1.99. The highest BCUT2D eigenvalue weighted by Gasteiger charge is 2.30. The Hall–Kier alpha value is -1.62. The zero-order valence-corrected chi connectivity index (χ0v) is 12.7. The lowest BCUT2D eigenvalue weighted by molar-refractivity contribution is -0.134. The van der Waals surface area contributed by atoms with Crippen LogP contribution >= 0.6 is 12.2 Å². The van der Waals surface area contributed by atoms with Gasteiger partial charge in [-0.1, -0.05) is 31.3 Å². The number of para-hydroxylation sites is 1. The van der Waals surface area contributed by atoms with Crippen molar-refractivity contribution in [2.24, 2.45) is 11.7 Å². The average molecular weight is 292 g/mol. The summed E-state index contributed by atoms with van der Waals surface area (Å²) in [5.74, 6) is 1.13. The van der Waals surface area contributed by atoms with E-state index in [1.807, 2.05) is 17.0 Å². The number of nitrogens with two attached hydrogens (primary N) is 1. The Kier molecular flexibility index (Phi) is 4.60. The van der Waals surface area contributed by atoms with Crippen molar-refractivity contribution in [2.45, 2.75) is 26.3 Å². The Morgan fingerprint density at radius 2 is 2.15 bits per heavy atom. The van der Waals surface area contributed by atoms with Crippen LogP contribution in [0.1, 0.15) is 25.8 Å². The number of nitrogens with zero attached hydrogens (tertiary/aromatic N) is 1. The highest BCUT2D eigenvalue weighted by molar-refractivity contribution is 7.80. The molecule has 2 rings (SSSR count). The largest absolute Gasteiger partial charge is 0.483 e. The Bertz CT molecular complexity index is 518. The van der Waals surface area contributed by atoms with Crippen molar-refractivity contribution in [1.82, 2.24) is 4.90 Å². The van der Waals surface area contributed by atoms with E-state index >= 15 is 0 Å². The van der Waals surface area contributed by atoms with Gasteiger partial charge in [0.05, 0.1) is 5.56 Å². The van der Waals surface area contributed by atoms with Gasteiger partial charge in [-0.3, -0.25) is 4.79 Å². The standard InChI is InChI=1S/C15H20N2O2S/c1-10-7-11(2)17(8-10)14(18)9-19-13-6-4-3-5-12(13)15(16)20/h3-6,10-11H,7-9H2,1-2H3,(H2,16,20). The molecule has 1 aliphatic rings. The fourth-order valence-electron chi connectivity index (χ4n) is 2.67. The zero-order valence-electron chi connectivity index (χ0n) is 11.8. The normalized spacial score (nSPS) is 21.8. The highest BCUT2D eigenvalue weighted by Crippen LogP contribution is 2.23. The SMILES string of the molecule is CC1CC(C)N(C(=O)COc2ccccc2C(N)=S)C1. The van der Waals surface area contributed by atoms with Gasteiger partial charge in [0.2, 0.25) is 0 Å². The van der Waals surface area contributed by atoms with Gasteiger partial charge in [-0.25, -0.2) is 0 Å². The number of carbonyl (C=O) groups is 1. The summed E-state index contributed by atoms with van der Waals surface area (Å²) in [5.41, 5.74) is 6.30. The molecular formula is C15H20N2O2S. The summed E-state index contributed by atoms with van der Waals surface area (Å²) in [6, 6.07) is 7.53. The van der Waals surface area contributed by atoms with E-state index in [4.69, 9.17) is 22.7 Å². The third-order valence-corrected chi connectivity index (χ3v) is 3.83. The highest BCUT2D eigenvalue weighted by atomic mass is 32.1. The molecule has 2 N–H and O–H groups in total. The van der Waals surface area contributed by atoms with E-state index in [-0.39, 0.29) is 23.5 Å². The summed E-state index contributed by atoms with van der Waals surface area (Å²) in [4.78, 5) is 14.3. The van der Waals surface area contributed by atoms with E-state index in [0.717, 1.165) is 13.0 Å². The second-order valence-electron chi connectivity index (χ2n) is 5.39. The molecule has 0 aliphatic carbocycles. The number of hydrogen-bond donors (Lipinski definition) is 1. The van der Waals surface area contributed by atoms with Gasteiger partial charge in [0.1, 0.15) is 10.7 Å². The summed E-state index contributed by atoms with van der Waals surface area (Å²) < 4.78 is 5.60. The van der Waals surface area contributed by atoms with Crippen molar-refractivity contribution in [3.8, 4) is 5.75 Å². The van der Waals surface area contributed by atoms with Crippen LogP contribution in [0.3, 0.4) is 0 Å². The van der Waals surface area contributed by atoms with Crippen LogP contribution in [0.15, 0.2) is 24.3 Å². The number of ether oxygens (including phenoxy) is 1. The zero-order chi connectivity index (χ0) is 14.7. The van der Waals surface area contributed by atoms with E-state index in [1.54, 1.807) is 12.1 Å². The van der Waals surface area contributed by atoms with Crippen LogP contribution in [0, 0.1) is 5.92 Å². The predicted molar refractivity (Wildman–Crippen MR) is 82.8 cm³/mol. The van der Waals surface area contributed by atoms with Crippen molar-refractivity contribution in [2.75, 3.05) is 13.2 Å². The van der Waals surface area contributed by atoms with Crippen LogP contribution in [-0.4, -0.2) is 35.0 Å². The molecule has 1 fully saturated rings. The van der Waals surface area contributed by atoms with Crippen molar-refractivity contribution < 1.29 is 9.53 Å². The fraction of sp³-hybridized carbons (Fsp3) is 0.467. The molecule has 1 heterocycles. The first-order valence-corrected chi connectivity index (χ1v) is 7.21. The third-order valence-electron chi connectivity index (χ3n) is 3.61. The lowest BCUT2D eigenvalue weighted by Crippen LogP contribution is -2.37. The third kappa shape index (κ3) is 3.28. The van der Waals surface area contributed by atoms with E-state index < -0.39 is 0 Å². The van der Waals surface area contributed by atoms with Crippen molar-refractivity contribution in [1.29, 1.82) is 0 Å². The van der Waals surface area contributed by atoms with Crippen LogP contribution < -0.4 is 10.5 Å². The molecule has 0 saturated carbocycles. The lowest BCUT2D eigenvalue weighted by atomic mass is 10.1. The smallest absolute Gasteiger partial charge is 0.260 e. The summed E-state index contributed by atoms with van der Waals surface area (Å²) >= 11 is 4.97. The van der Waals surface area contributed by atoms with Gasteiger partial charge in [0, 0.05) is 12.6 Å². The second kappa shape index (κ2) is 6.22. The molecule has 20 heavy (non-hydrogen) atoms. The molecule has 1 amide bonds. The number of hydrogen-bond acceptors (Lipinski definition) is 3. The monoisotopic (exact) mass is 292 g/mol. The van der Waals surface area contributed by atoms with Crippen molar-refractivity contribution in [3.05, 3.63) is 29.8 Å². The minimum atomic E-state index is 0.0135. The Morgan fingerprint density at radius 3 is 2.75 bits per heavy atom.